The fourth-order valence-electron chi connectivity index (χ4n) is 2.62. The number of likely N-dealkylation sites (N-methyl/N-ethyl adjacent to an activating group) is 1. The van der Waals surface area contributed by atoms with Gasteiger partial charge in [0.25, 0.3) is 0 Å². The third kappa shape index (κ3) is 16.4. The first kappa shape index (κ1) is 35.6. The summed E-state index contributed by atoms with van der Waals surface area (Å²) in [6, 6.07) is 0. The molecule has 0 aromatic heterocycles. The topological polar surface area (TPSA) is 219 Å². The van der Waals surface area contributed by atoms with Crippen molar-refractivity contribution in [1.82, 2.24) is 31.1 Å². The van der Waals surface area contributed by atoms with Gasteiger partial charge in [0, 0.05) is 6.54 Å². The van der Waals surface area contributed by atoms with Crippen LogP contribution in [-0.4, -0.2) is 130 Å². The SMILES string of the molecule is CCN(CC(=O)OC)C(=O)CNC(=O)CNC(=O)CN(CC(=O)OC)C(=O)CNC(=O)CNC(=O)OC(C)(C)C. The van der Waals surface area contributed by atoms with Crippen molar-refractivity contribution >= 4 is 47.6 Å². The van der Waals surface area contributed by atoms with Crippen LogP contribution in [0.2, 0.25) is 0 Å². The number of carbonyl (C=O) groups is 8. The second kappa shape index (κ2) is 18.0. The molecule has 0 bridgehead atoms. The van der Waals surface area contributed by atoms with Gasteiger partial charge >= 0.3 is 18.0 Å². The maximum absolute atomic E-state index is 12.5. The van der Waals surface area contributed by atoms with Gasteiger partial charge in [-0.1, -0.05) is 0 Å². The summed E-state index contributed by atoms with van der Waals surface area (Å²) in [6.45, 7) is 3.10. The highest BCUT2D eigenvalue weighted by Crippen LogP contribution is 2.06. The maximum atomic E-state index is 12.5. The van der Waals surface area contributed by atoms with Gasteiger partial charge in [0.15, 0.2) is 0 Å². The van der Waals surface area contributed by atoms with Crippen molar-refractivity contribution in [3.8, 4) is 0 Å². The summed E-state index contributed by atoms with van der Waals surface area (Å²) < 4.78 is 14.0. The molecule has 0 saturated heterocycles. The smallest absolute Gasteiger partial charge is 0.408 e. The number of methoxy groups -OCH3 is 2. The first-order valence-corrected chi connectivity index (χ1v) is 12.1. The molecule has 4 N–H and O–H groups in total. The fraction of sp³-hybridized carbons (Fsp3) is 0.652. The molecule has 40 heavy (non-hydrogen) atoms. The second-order valence-corrected chi connectivity index (χ2v) is 9.00. The van der Waals surface area contributed by atoms with Gasteiger partial charge in [-0.25, -0.2) is 4.79 Å². The van der Waals surface area contributed by atoms with Gasteiger partial charge in [0.2, 0.25) is 29.5 Å². The van der Waals surface area contributed by atoms with E-state index in [1.165, 1.54) is 7.11 Å². The van der Waals surface area contributed by atoms with Gasteiger partial charge in [-0.05, 0) is 27.7 Å². The Morgan fingerprint density at radius 1 is 0.600 bits per heavy atom. The van der Waals surface area contributed by atoms with E-state index < -0.39 is 92.4 Å². The molecule has 0 aliphatic carbocycles. The van der Waals surface area contributed by atoms with E-state index in [0.29, 0.717) is 0 Å². The lowest BCUT2D eigenvalue weighted by Crippen LogP contribution is -2.50. The predicted octanol–water partition coefficient (Wildman–Crippen LogP) is -3.12. The molecule has 0 aliphatic rings. The Kier molecular flexibility index (Phi) is 16.0. The van der Waals surface area contributed by atoms with Crippen molar-refractivity contribution in [2.45, 2.75) is 33.3 Å². The standard InChI is InChI=1S/C23H38N6O11/c1-7-28(13-20(35)38-5)18(33)10-25-15(30)8-24-17(32)12-29(14-21(36)39-6)19(34)11-26-16(31)9-27-22(37)40-23(2,3)4/h7-14H2,1-6H3,(H,24,32)(H,25,30)(H,26,31)(H,27,37). The van der Waals surface area contributed by atoms with Crippen molar-refractivity contribution in [2.75, 3.05) is 66.6 Å². The second-order valence-electron chi connectivity index (χ2n) is 9.00. The first-order valence-electron chi connectivity index (χ1n) is 12.1. The van der Waals surface area contributed by atoms with Crippen LogP contribution in [-0.2, 0) is 47.8 Å². The van der Waals surface area contributed by atoms with E-state index in [-0.39, 0.29) is 13.1 Å². The highest BCUT2D eigenvalue weighted by Gasteiger charge is 2.22. The number of hydrogen-bond acceptors (Lipinski definition) is 11. The molecule has 0 aromatic rings. The van der Waals surface area contributed by atoms with E-state index in [4.69, 9.17) is 4.74 Å². The van der Waals surface area contributed by atoms with Crippen LogP contribution < -0.4 is 21.3 Å². The van der Waals surface area contributed by atoms with Gasteiger partial charge < -0.3 is 45.3 Å². The van der Waals surface area contributed by atoms with Crippen LogP contribution in [0.5, 0.6) is 0 Å². The summed E-state index contributed by atoms with van der Waals surface area (Å²) in [5.74, 6) is -5.14. The minimum absolute atomic E-state index is 0.200. The lowest BCUT2D eigenvalue weighted by molar-refractivity contribution is -0.148. The van der Waals surface area contributed by atoms with E-state index in [0.717, 1.165) is 16.9 Å². The molecule has 0 aliphatic heterocycles. The summed E-state index contributed by atoms with van der Waals surface area (Å²) >= 11 is 0. The minimum Gasteiger partial charge on any atom is -0.468 e. The Balaban J connectivity index is 4.76. The Labute approximate surface area is 231 Å². The number of nitrogens with one attached hydrogen (secondary N) is 4. The van der Waals surface area contributed by atoms with Crippen molar-refractivity contribution in [3.05, 3.63) is 0 Å². The number of ether oxygens (including phenoxy) is 3. The van der Waals surface area contributed by atoms with Crippen LogP contribution in [0.25, 0.3) is 0 Å². The summed E-state index contributed by atoms with van der Waals surface area (Å²) in [7, 11) is 2.25. The first-order chi connectivity index (χ1) is 18.6. The highest BCUT2D eigenvalue weighted by molar-refractivity contribution is 5.93. The van der Waals surface area contributed by atoms with Crippen LogP contribution >= 0.6 is 0 Å². The molecule has 6 amide bonds. The van der Waals surface area contributed by atoms with Gasteiger partial charge in [-0.2, -0.15) is 0 Å². The molecule has 0 atom stereocenters. The number of hydrogen-bond donors (Lipinski definition) is 4. The zero-order chi connectivity index (χ0) is 30.9. The van der Waals surface area contributed by atoms with E-state index >= 15 is 0 Å². The Bertz CT molecular complexity index is 948. The zero-order valence-electron chi connectivity index (χ0n) is 23.5. The Morgan fingerprint density at radius 3 is 1.48 bits per heavy atom. The molecule has 17 heteroatoms. The van der Waals surface area contributed by atoms with Crippen LogP contribution in [0.1, 0.15) is 27.7 Å². The third-order valence-corrected chi connectivity index (χ3v) is 4.63. The number of alkyl carbamates (subject to hydrolysis) is 1. The number of nitrogens with zero attached hydrogens (tertiary/aromatic N) is 2. The monoisotopic (exact) mass is 574 g/mol. The lowest BCUT2D eigenvalue weighted by atomic mass is 10.2. The summed E-state index contributed by atoms with van der Waals surface area (Å²) in [5.41, 5.74) is -0.772. The normalized spacial score (nSPS) is 10.3. The summed E-state index contributed by atoms with van der Waals surface area (Å²) in [4.78, 5) is 97.5. The van der Waals surface area contributed by atoms with Crippen LogP contribution in [0, 0.1) is 0 Å². The average molecular weight is 575 g/mol. The molecule has 17 nitrogen and oxygen atoms in total. The number of rotatable bonds is 15. The molecule has 0 spiro atoms. The van der Waals surface area contributed by atoms with Gasteiger partial charge in [-0.15, -0.1) is 0 Å². The zero-order valence-corrected chi connectivity index (χ0v) is 23.5. The van der Waals surface area contributed by atoms with Gasteiger partial charge in [0.05, 0.1) is 33.9 Å². The quantitative estimate of drug-likeness (QED) is 0.113. The number of esters is 2. The maximum Gasteiger partial charge on any atom is 0.408 e. The van der Waals surface area contributed by atoms with Crippen LogP contribution in [0.15, 0.2) is 0 Å². The largest absolute Gasteiger partial charge is 0.468 e. The highest BCUT2D eigenvalue weighted by atomic mass is 16.6. The van der Waals surface area contributed by atoms with E-state index in [1.54, 1.807) is 27.7 Å². The predicted molar refractivity (Wildman–Crippen MR) is 136 cm³/mol. The Hall–Kier alpha value is -4.44. The molecule has 0 fully saturated rings. The van der Waals surface area contributed by atoms with Gasteiger partial charge in [-0.3, -0.25) is 33.6 Å². The molecule has 0 heterocycles. The Morgan fingerprint density at radius 2 is 1.02 bits per heavy atom. The lowest BCUT2D eigenvalue weighted by Gasteiger charge is -2.21. The molecule has 0 saturated carbocycles. The van der Waals surface area contributed by atoms with E-state index in [1.807, 2.05) is 0 Å². The van der Waals surface area contributed by atoms with Crippen LogP contribution in [0.4, 0.5) is 4.79 Å². The van der Waals surface area contributed by atoms with Gasteiger partial charge in [0.1, 0.15) is 31.8 Å². The minimum atomic E-state index is -0.845. The van der Waals surface area contributed by atoms with Crippen molar-refractivity contribution in [2.24, 2.45) is 0 Å². The molecule has 0 aromatic carbocycles. The molecule has 0 radical (unpaired) electrons. The molecular formula is C23H38N6O11. The van der Waals surface area contributed by atoms with E-state index in [9.17, 15) is 38.4 Å². The summed E-state index contributed by atoms with van der Waals surface area (Å²) in [5, 5.41) is 8.98. The van der Waals surface area contributed by atoms with Crippen molar-refractivity contribution < 1.29 is 52.6 Å². The molecule has 0 rings (SSSR count). The van der Waals surface area contributed by atoms with Crippen LogP contribution in [0.3, 0.4) is 0 Å². The van der Waals surface area contributed by atoms with Crippen molar-refractivity contribution in [1.29, 1.82) is 0 Å². The molecule has 0 unspecified atom stereocenters. The number of carbonyl (C=O) groups excluding carboxylic acids is 8. The number of amides is 6. The third-order valence-electron chi connectivity index (χ3n) is 4.63. The van der Waals surface area contributed by atoms with E-state index in [2.05, 4.69) is 30.7 Å². The summed E-state index contributed by atoms with van der Waals surface area (Å²) in [6.07, 6.45) is -0.838. The molecular weight excluding hydrogens is 536 g/mol. The fourth-order valence-corrected chi connectivity index (χ4v) is 2.62. The molecule has 226 valence electrons. The average Bonchev–Trinajstić information content (AvgIpc) is 2.89. The van der Waals surface area contributed by atoms with Crippen molar-refractivity contribution in [3.63, 3.8) is 0 Å².